The Bertz CT molecular complexity index is 942. The summed E-state index contributed by atoms with van der Waals surface area (Å²) in [7, 11) is 0. The van der Waals surface area contributed by atoms with Crippen molar-refractivity contribution in [2.24, 2.45) is 5.41 Å². The van der Waals surface area contributed by atoms with Crippen molar-refractivity contribution in [3.63, 3.8) is 0 Å². The van der Waals surface area contributed by atoms with Crippen LogP contribution in [-0.4, -0.2) is 17.4 Å². The molecule has 0 saturated carbocycles. The van der Waals surface area contributed by atoms with E-state index < -0.39 is 12.1 Å². The number of carbonyl (C=O) groups excluding carboxylic acids is 1. The zero-order valence-electron chi connectivity index (χ0n) is 18.0. The van der Waals surface area contributed by atoms with Crippen molar-refractivity contribution in [2.45, 2.75) is 66.6 Å². The zero-order valence-corrected chi connectivity index (χ0v) is 18.0. The van der Waals surface area contributed by atoms with Crippen molar-refractivity contribution >= 4 is 17.3 Å². The van der Waals surface area contributed by atoms with E-state index in [-0.39, 0.29) is 17.9 Å². The van der Waals surface area contributed by atoms with Crippen LogP contribution >= 0.6 is 0 Å². The molecule has 2 heterocycles. The maximum absolute atomic E-state index is 12.9. The van der Waals surface area contributed by atoms with Crippen molar-refractivity contribution in [2.75, 3.05) is 16.8 Å². The van der Waals surface area contributed by atoms with E-state index in [2.05, 4.69) is 10.3 Å². The third kappa shape index (κ3) is 4.96. The average molecular weight is 423 g/mol. The summed E-state index contributed by atoms with van der Waals surface area (Å²) < 4.78 is 43.6. The fourth-order valence-corrected chi connectivity index (χ4v) is 3.69. The number of fused-ring (bicyclic) bond motifs is 1. The number of hydrogen-bond donors (Lipinski definition) is 1. The lowest BCUT2D eigenvalue weighted by molar-refractivity contribution is -0.157. The van der Waals surface area contributed by atoms with Crippen molar-refractivity contribution in [3.05, 3.63) is 40.6 Å². The predicted molar refractivity (Wildman–Crippen MR) is 110 cm³/mol. The fourth-order valence-electron chi connectivity index (χ4n) is 3.69. The van der Waals surface area contributed by atoms with Gasteiger partial charge in [0, 0.05) is 30.8 Å². The summed E-state index contributed by atoms with van der Waals surface area (Å²) in [6.45, 7) is 10.8. The van der Waals surface area contributed by atoms with Crippen molar-refractivity contribution < 1.29 is 22.4 Å². The smallest absolute Gasteiger partial charge is 0.438 e. The van der Waals surface area contributed by atoms with Gasteiger partial charge in [0.2, 0.25) is 5.91 Å². The molecule has 1 aromatic carbocycles. The van der Waals surface area contributed by atoms with Crippen LogP contribution in [0.2, 0.25) is 0 Å². The van der Waals surface area contributed by atoms with Gasteiger partial charge in [-0.05, 0) is 42.0 Å². The van der Waals surface area contributed by atoms with Gasteiger partial charge in [-0.25, -0.2) is 4.98 Å². The van der Waals surface area contributed by atoms with E-state index in [0.29, 0.717) is 30.8 Å². The lowest BCUT2D eigenvalue weighted by Crippen LogP contribution is -2.30. The summed E-state index contributed by atoms with van der Waals surface area (Å²) in [6, 6.07) is 3.96. The van der Waals surface area contributed by atoms with Crippen LogP contribution in [0.3, 0.4) is 0 Å². The van der Waals surface area contributed by atoms with Crippen molar-refractivity contribution in [3.8, 4) is 0 Å². The summed E-state index contributed by atoms with van der Waals surface area (Å²) in [5.74, 6) is -0.910. The monoisotopic (exact) mass is 423 g/mol. The number of hydrogen-bond acceptors (Lipinski definition) is 4. The van der Waals surface area contributed by atoms with Gasteiger partial charge in [0.15, 0.2) is 0 Å². The number of oxazole rings is 1. The molecule has 30 heavy (non-hydrogen) atoms. The molecule has 1 aromatic heterocycles. The van der Waals surface area contributed by atoms with Gasteiger partial charge in [-0.3, -0.25) is 4.79 Å². The van der Waals surface area contributed by atoms with Crippen LogP contribution < -0.4 is 10.2 Å². The number of aromatic nitrogens is 1. The number of amides is 1. The van der Waals surface area contributed by atoms with Crippen LogP contribution in [0, 0.1) is 12.3 Å². The van der Waals surface area contributed by atoms with E-state index in [1.165, 1.54) is 0 Å². The summed E-state index contributed by atoms with van der Waals surface area (Å²) in [5.41, 5.74) is 3.85. The third-order valence-electron chi connectivity index (χ3n) is 5.07. The topological polar surface area (TPSA) is 58.4 Å². The van der Waals surface area contributed by atoms with Gasteiger partial charge >= 0.3 is 12.1 Å². The van der Waals surface area contributed by atoms with Gasteiger partial charge in [0.25, 0.3) is 0 Å². The van der Waals surface area contributed by atoms with E-state index in [1.807, 2.05) is 51.7 Å². The van der Waals surface area contributed by atoms with Gasteiger partial charge in [0.1, 0.15) is 11.5 Å². The number of halogens is 3. The molecule has 0 aliphatic carbocycles. The maximum Gasteiger partial charge on any atom is 0.468 e. The number of alkyl halides is 3. The standard InChI is InChI=1S/C22H28F3N3O2/c1-6-14-10-15(9-13(2)19(14)27-18(29)11-21(3,4)5)28-8-7-17-16(12-28)26-20(30-17)22(23,24)25/h9-10H,6-8,11-12H2,1-5H3,(H,27,29). The molecule has 2 aromatic rings. The van der Waals surface area contributed by atoms with E-state index >= 15 is 0 Å². The molecular weight excluding hydrogens is 395 g/mol. The Morgan fingerprint density at radius 1 is 1.27 bits per heavy atom. The molecule has 3 rings (SSSR count). The second kappa shape index (κ2) is 7.96. The van der Waals surface area contributed by atoms with Crippen molar-refractivity contribution in [1.29, 1.82) is 0 Å². The lowest BCUT2D eigenvalue weighted by atomic mass is 9.91. The number of rotatable bonds is 4. The minimum Gasteiger partial charge on any atom is -0.438 e. The Kier molecular flexibility index (Phi) is 5.89. The molecule has 1 amide bonds. The molecule has 1 aliphatic rings. The molecule has 164 valence electrons. The van der Waals surface area contributed by atoms with Gasteiger partial charge < -0.3 is 14.6 Å². The first kappa shape index (κ1) is 22.2. The molecule has 5 nitrogen and oxygen atoms in total. The summed E-state index contributed by atoms with van der Waals surface area (Å²) in [6.07, 6.45) is -3.08. The molecule has 0 fully saturated rings. The van der Waals surface area contributed by atoms with Crippen LogP contribution in [0.1, 0.15) is 62.6 Å². The normalized spacial score (nSPS) is 14.6. The Morgan fingerprint density at radius 3 is 2.57 bits per heavy atom. The number of carbonyl (C=O) groups is 1. The Hall–Kier alpha value is -2.51. The SMILES string of the molecule is CCc1cc(N2CCc3oc(C(F)(F)F)nc3C2)cc(C)c1NC(=O)CC(C)(C)C. The molecule has 0 radical (unpaired) electrons. The first-order valence-electron chi connectivity index (χ1n) is 10.1. The van der Waals surface area contributed by atoms with Crippen LogP contribution in [-0.2, 0) is 30.4 Å². The lowest BCUT2D eigenvalue weighted by Gasteiger charge is -2.29. The highest BCUT2D eigenvalue weighted by molar-refractivity contribution is 5.93. The van der Waals surface area contributed by atoms with Gasteiger partial charge in [-0.15, -0.1) is 0 Å². The summed E-state index contributed by atoms with van der Waals surface area (Å²) in [4.78, 5) is 18.1. The van der Waals surface area contributed by atoms with Crippen molar-refractivity contribution in [1.82, 2.24) is 4.98 Å². The third-order valence-corrected chi connectivity index (χ3v) is 5.07. The number of aryl methyl sites for hydroxylation is 2. The quantitative estimate of drug-likeness (QED) is 0.705. The molecule has 8 heteroatoms. The van der Waals surface area contributed by atoms with Gasteiger partial charge in [-0.1, -0.05) is 27.7 Å². The number of anilines is 2. The number of nitrogens with zero attached hydrogens (tertiary/aromatic N) is 2. The first-order valence-corrected chi connectivity index (χ1v) is 10.1. The average Bonchev–Trinajstić information content (AvgIpc) is 3.05. The molecule has 0 spiro atoms. The van der Waals surface area contributed by atoms with Crippen LogP contribution in [0.5, 0.6) is 0 Å². The first-order chi connectivity index (χ1) is 13.9. The Balaban J connectivity index is 1.83. The van der Waals surface area contributed by atoms with Crippen LogP contribution in [0.4, 0.5) is 24.5 Å². The number of benzene rings is 1. The van der Waals surface area contributed by atoms with E-state index in [9.17, 15) is 18.0 Å². The minimum absolute atomic E-state index is 0.0297. The van der Waals surface area contributed by atoms with Gasteiger partial charge in [0.05, 0.1) is 6.54 Å². The molecule has 1 N–H and O–H groups in total. The van der Waals surface area contributed by atoms with E-state index in [1.54, 1.807) is 0 Å². The van der Waals surface area contributed by atoms with Gasteiger partial charge in [-0.2, -0.15) is 13.2 Å². The van der Waals surface area contributed by atoms with E-state index in [4.69, 9.17) is 4.42 Å². The summed E-state index contributed by atoms with van der Waals surface area (Å²) in [5, 5.41) is 3.04. The predicted octanol–water partition coefficient (Wildman–Crippen LogP) is 5.50. The highest BCUT2D eigenvalue weighted by Crippen LogP contribution is 2.35. The maximum atomic E-state index is 12.9. The molecule has 0 saturated heterocycles. The molecule has 1 aliphatic heterocycles. The zero-order chi connectivity index (χ0) is 22.3. The Labute approximate surface area is 174 Å². The van der Waals surface area contributed by atoms with E-state index in [0.717, 1.165) is 28.9 Å². The number of nitrogens with one attached hydrogen (secondary N) is 1. The van der Waals surface area contributed by atoms with Crippen LogP contribution in [0.15, 0.2) is 16.5 Å². The Morgan fingerprint density at radius 2 is 1.97 bits per heavy atom. The second-order valence-corrected chi connectivity index (χ2v) is 8.99. The summed E-state index contributed by atoms with van der Waals surface area (Å²) >= 11 is 0. The molecule has 0 unspecified atom stereocenters. The molecular formula is C22H28F3N3O2. The fraction of sp³-hybridized carbons (Fsp3) is 0.545. The molecule has 0 atom stereocenters. The second-order valence-electron chi connectivity index (χ2n) is 8.99. The highest BCUT2D eigenvalue weighted by atomic mass is 19.4. The highest BCUT2D eigenvalue weighted by Gasteiger charge is 2.39. The minimum atomic E-state index is -4.58. The largest absolute Gasteiger partial charge is 0.468 e. The van der Waals surface area contributed by atoms with Crippen LogP contribution in [0.25, 0.3) is 0 Å². The molecule has 0 bridgehead atoms.